The maximum absolute atomic E-state index is 4.87. The van der Waals surface area contributed by atoms with E-state index in [2.05, 4.69) is 49.3 Å². The summed E-state index contributed by atoms with van der Waals surface area (Å²) >= 11 is 1.72. The molecule has 0 fully saturated rings. The highest BCUT2D eigenvalue weighted by Gasteiger charge is 2.30. The molecule has 2 rings (SSSR count). The summed E-state index contributed by atoms with van der Waals surface area (Å²) < 4.78 is 2.43. The van der Waals surface area contributed by atoms with Gasteiger partial charge in [-0.3, -0.25) is 4.58 Å². The fourth-order valence-corrected chi connectivity index (χ4v) is 3.23. The van der Waals surface area contributed by atoms with Gasteiger partial charge in [0.25, 0.3) is 0 Å². The number of amidine groups is 1. The Morgan fingerprint density at radius 3 is 2.24 bits per heavy atom. The zero-order valence-electron chi connectivity index (χ0n) is 13.1. The van der Waals surface area contributed by atoms with Crippen LogP contribution >= 0.6 is 11.8 Å². The van der Waals surface area contributed by atoms with E-state index in [4.69, 9.17) is 4.99 Å². The molecule has 21 heavy (non-hydrogen) atoms. The van der Waals surface area contributed by atoms with Crippen molar-refractivity contribution in [2.45, 2.75) is 39.5 Å². The van der Waals surface area contributed by atoms with Gasteiger partial charge in [-0.25, -0.2) is 0 Å². The number of hydrogen-bond acceptors (Lipinski definition) is 1. The third kappa shape index (κ3) is 4.31. The second-order valence-corrected chi connectivity index (χ2v) is 6.39. The first-order valence-electron chi connectivity index (χ1n) is 7.89. The van der Waals surface area contributed by atoms with Crippen molar-refractivity contribution >= 4 is 22.6 Å². The van der Waals surface area contributed by atoms with Crippen LogP contribution in [0.4, 0.5) is 0 Å². The Morgan fingerprint density at radius 2 is 1.67 bits per heavy atom. The zero-order valence-corrected chi connectivity index (χ0v) is 14.0. The molecule has 0 unspecified atom stereocenters. The normalized spacial score (nSPS) is 14.5. The molecule has 0 atom stereocenters. The molecule has 1 aromatic rings. The molecule has 0 N–H and O–H groups in total. The third-order valence-electron chi connectivity index (χ3n) is 3.57. The molecule has 0 aromatic heterocycles. The smallest absolute Gasteiger partial charge is 0.252 e. The fourth-order valence-electron chi connectivity index (χ4n) is 2.30. The highest BCUT2D eigenvalue weighted by Crippen LogP contribution is 2.29. The van der Waals surface area contributed by atoms with E-state index in [9.17, 15) is 0 Å². The van der Waals surface area contributed by atoms with Crippen molar-refractivity contribution in [1.29, 1.82) is 0 Å². The van der Waals surface area contributed by atoms with Gasteiger partial charge in [-0.15, -0.1) is 0 Å². The molecule has 0 saturated carbocycles. The quantitative estimate of drug-likeness (QED) is 0.666. The molecule has 1 aliphatic heterocycles. The van der Waals surface area contributed by atoms with E-state index in [0.717, 1.165) is 34.4 Å². The predicted molar refractivity (Wildman–Crippen MR) is 94.5 cm³/mol. The maximum atomic E-state index is 4.87. The monoisotopic (exact) mass is 301 g/mol. The average Bonchev–Trinajstić information content (AvgIpc) is 2.90. The Bertz CT molecular complexity index is 534. The van der Waals surface area contributed by atoms with E-state index in [-0.39, 0.29) is 0 Å². The molecule has 0 saturated heterocycles. The highest BCUT2D eigenvalue weighted by atomic mass is 32.2. The molecule has 2 nitrogen and oxygen atoms in total. The summed E-state index contributed by atoms with van der Waals surface area (Å²) in [7, 11) is 0. The molecule has 1 aliphatic rings. The molecule has 1 aromatic carbocycles. The summed E-state index contributed by atoms with van der Waals surface area (Å²) in [5.41, 5.74) is 2.20. The number of unbranched alkanes of at least 4 members (excludes halogenated alkanes) is 2. The van der Waals surface area contributed by atoms with Crippen molar-refractivity contribution in [3.63, 3.8) is 0 Å². The number of thioether (sulfide) groups is 1. The van der Waals surface area contributed by atoms with Crippen molar-refractivity contribution < 1.29 is 4.58 Å². The molecule has 0 radical (unpaired) electrons. The van der Waals surface area contributed by atoms with Crippen molar-refractivity contribution in [2.24, 2.45) is 4.99 Å². The second kappa shape index (κ2) is 8.18. The second-order valence-electron chi connectivity index (χ2n) is 5.33. The minimum absolute atomic E-state index is 1.04. The van der Waals surface area contributed by atoms with Crippen molar-refractivity contribution in [3.8, 4) is 0 Å². The summed E-state index contributed by atoms with van der Waals surface area (Å²) in [6, 6.07) is 10.4. The lowest BCUT2D eigenvalue weighted by atomic mass is 10.1. The van der Waals surface area contributed by atoms with Gasteiger partial charge in [0.05, 0.1) is 18.0 Å². The van der Waals surface area contributed by atoms with Gasteiger partial charge in [-0.2, -0.15) is 0 Å². The summed E-state index contributed by atoms with van der Waals surface area (Å²) in [4.78, 5) is 5.93. The fraction of sp³-hybridized carbons (Fsp3) is 0.444. The van der Waals surface area contributed by atoms with E-state index >= 15 is 0 Å². The first-order chi connectivity index (χ1) is 10.3. The summed E-state index contributed by atoms with van der Waals surface area (Å²) in [5, 5.41) is 1.13. The van der Waals surface area contributed by atoms with Crippen molar-refractivity contribution in [1.82, 2.24) is 0 Å². The standard InChI is InChI=1S/C18H25N2S/c1-4-6-13-20(14-7-5-2)18-19-17(15(3)21-18)16-11-9-8-10-12-16/h8-12H,3-7,13-14H2,1-2H3/q+1. The van der Waals surface area contributed by atoms with Gasteiger partial charge in [0.15, 0.2) is 5.71 Å². The number of rotatable bonds is 7. The van der Waals surface area contributed by atoms with Crippen molar-refractivity contribution in [2.75, 3.05) is 13.1 Å². The molecular formula is C18H25N2S+. The van der Waals surface area contributed by atoms with Crippen LogP contribution in [0.25, 0.3) is 0 Å². The Morgan fingerprint density at radius 1 is 1.05 bits per heavy atom. The van der Waals surface area contributed by atoms with Crippen LogP contribution in [0.3, 0.4) is 0 Å². The highest BCUT2D eigenvalue weighted by molar-refractivity contribution is 8.18. The van der Waals surface area contributed by atoms with Crippen LogP contribution in [0.2, 0.25) is 0 Å². The van der Waals surface area contributed by atoms with E-state index < -0.39 is 0 Å². The molecule has 0 aliphatic carbocycles. The van der Waals surface area contributed by atoms with Crippen LogP contribution in [-0.2, 0) is 0 Å². The number of allylic oxidation sites excluding steroid dienone is 1. The lowest BCUT2D eigenvalue weighted by Crippen LogP contribution is -2.20. The molecule has 3 heteroatoms. The Labute approximate surface area is 132 Å². The van der Waals surface area contributed by atoms with E-state index in [1.165, 1.54) is 25.7 Å². The number of nitrogens with zero attached hydrogens (tertiary/aromatic N) is 2. The van der Waals surface area contributed by atoms with Gasteiger partial charge >= 0.3 is 5.17 Å². The van der Waals surface area contributed by atoms with E-state index in [0.29, 0.717) is 0 Å². The Hall–Kier alpha value is -1.35. The van der Waals surface area contributed by atoms with Gasteiger partial charge in [0.1, 0.15) is 0 Å². The number of hydrogen-bond donors (Lipinski definition) is 0. The molecular weight excluding hydrogens is 276 g/mol. The summed E-state index contributed by atoms with van der Waals surface area (Å²) in [5.74, 6) is 0. The van der Waals surface area contributed by atoms with E-state index in [1.54, 1.807) is 11.8 Å². The van der Waals surface area contributed by atoms with Crippen LogP contribution in [0.5, 0.6) is 0 Å². The van der Waals surface area contributed by atoms with Crippen molar-refractivity contribution in [3.05, 3.63) is 47.4 Å². The maximum Gasteiger partial charge on any atom is 0.360 e. The topological polar surface area (TPSA) is 15.4 Å². The Kier molecular flexibility index (Phi) is 6.24. The first kappa shape index (κ1) is 16.0. The molecule has 0 amide bonds. The SMILES string of the molecule is C=C1SC(=[N+](CCCC)CCCC)N=C1c1ccccc1. The first-order valence-corrected chi connectivity index (χ1v) is 8.71. The molecule has 0 bridgehead atoms. The lowest BCUT2D eigenvalue weighted by molar-refractivity contribution is -0.527. The van der Waals surface area contributed by atoms with Gasteiger partial charge in [-0.1, -0.05) is 63.6 Å². The molecule has 1 heterocycles. The minimum Gasteiger partial charge on any atom is -0.252 e. The van der Waals surface area contributed by atoms with Crippen LogP contribution in [-0.4, -0.2) is 28.5 Å². The minimum atomic E-state index is 1.04. The largest absolute Gasteiger partial charge is 0.360 e. The van der Waals surface area contributed by atoms with E-state index in [1.807, 2.05) is 6.07 Å². The lowest BCUT2D eigenvalue weighted by Gasteiger charge is -2.06. The zero-order chi connectivity index (χ0) is 15.1. The molecule has 112 valence electrons. The Balaban J connectivity index is 2.26. The molecule has 0 spiro atoms. The van der Waals surface area contributed by atoms with Gasteiger partial charge < -0.3 is 0 Å². The average molecular weight is 301 g/mol. The summed E-state index contributed by atoms with van der Waals surface area (Å²) in [6.07, 6.45) is 4.88. The van der Waals surface area contributed by atoms with Gasteiger partial charge in [-0.05, 0) is 17.8 Å². The van der Waals surface area contributed by atoms with Crippen LogP contribution in [0.1, 0.15) is 45.1 Å². The summed E-state index contributed by atoms with van der Waals surface area (Å²) in [6.45, 7) is 10.9. The third-order valence-corrected chi connectivity index (χ3v) is 4.54. The van der Waals surface area contributed by atoms with Crippen LogP contribution < -0.4 is 0 Å². The van der Waals surface area contributed by atoms with Gasteiger partial charge in [0, 0.05) is 17.3 Å². The predicted octanol–water partition coefficient (Wildman–Crippen LogP) is 4.70. The number of benzene rings is 1. The van der Waals surface area contributed by atoms with Crippen LogP contribution in [0.15, 0.2) is 46.8 Å². The van der Waals surface area contributed by atoms with Gasteiger partial charge in [0.2, 0.25) is 0 Å². The number of aliphatic imine (C=N–C) groups is 1. The van der Waals surface area contributed by atoms with Crippen LogP contribution in [0, 0.1) is 0 Å².